The molecule has 0 aliphatic carbocycles. The van der Waals surface area contributed by atoms with Crippen LogP contribution in [-0.2, 0) is 10.0 Å². The molecule has 9 nitrogen and oxygen atoms in total. The summed E-state index contributed by atoms with van der Waals surface area (Å²) in [6.07, 6.45) is 2.39. The van der Waals surface area contributed by atoms with Gasteiger partial charge in [0, 0.05) is 50.1 Å². The summed E-state index contributed by atoms with van der Waals surface area (Å²) in [4.78, 5) is 32.8. The fourth-order valence-corrected chi connectivity index (χ4v) is 7.10. The molecule has 3 aromatic carbocycles. The number of aromatic nitrogens is 1. The van der Waals surface area contributed by atoms with Crippen LogP contribution >= 0.6 is 11.3 Å². The van der Waals surface area contributed by atoms with Crippen molar-refractivity contribution in [2.24, 2.45) is 0 Å². The molecule has 5 aromatic rings. The van der Waals surface area contributed by atoms with Crippen LogP contribution in [0.2, 0.25) is 0 Å². The highest BCUT2D eigenvalue weighted by Crippen LogP contribution is 2.42. The molecule has 44 heavy (non-hydrogen) atoms. The van der Waals surface area contributed by atoms with Crippen molar-refractivity contribution in [1.29, 1.82) is 0 Å². The maximum absolute atomic E-state index is 13.7. The zero-order chi connectivity index (χ0) is 31.3. The molecule has 0 saturated carbocycles. The zero-order valence-corrected chi connectivity index (χ0v) is 25.7. The Morgan fingerprint density at radius 3 is 2.52 bits per heavy atom. The second-order valence-electron chi connectivity index (χ2n) is 10.8. The molecular formula is C31H28F2N4O5S2. The van der Waals surface area contributed by atoms with E-state index in [0.29, 0.717) is 51.8 Å². The van der Waals surface area contributed by atoms with E-state index in [0.717, 1.165) is 21.9 Å². The third-order valence-electron chi connectivity index (χ3n) is 7.92. The lowest BCUT2D eigenvalue weighted by atomic mass is 9.88. The van der Waals surface area contributed by atoms with Gasteiger partial charge in [0.25, 0.3) is 11.8 Å². The molecule has 1 fully saturated rings. The van der Waals surface area contributed by atoms with Gasteiger partial charge in [-0.05, 0) is 66.9 Å². The Labute approximate surface area is 256 Å². The molecule has 1 aliphatic rings. The molecule has 1 aliphatic heterocycles. The molecule has 0 bridgehead atoms. The van der Waals surface area contributed by atoms with Gasteiger partial charge in [0.2, 0.25) is 10.0 Å². The number of likely N-dealkylation sites (tertiary alicyclic amines) is 1. The van der Waals surface area contributed by atoms with Crippen LogP contribution in [-0.4, -0.2) is 63.6 Å². The first-order chi connectivity index (χ1) is 20.9. The number of carbonyl (C=O) groups is 2. The molecule has 0 radical (unpaired) electrons. The third-order valence-corrected chi connectivity index (χ3v) is 10.1. The average Bonchev–Trinajstić information content (AvgIpc) is 3.60. The van der Waals surface area contributed by atoms with Crippen LogP contribution in [0.25, 0.3) is 32.5 Å². The molecule has 2 amide bonds. The maximum atomic E-state index is 13.7. The predicted octanol–water partition coefficient (Wildman–Crippen LogP) is 5.76. The van der Waals surface area contributed by atoms with Crippen LogP contribution in [0.1, 0.15) is 44.5 Å². The van der Waals surface area contributed by atoms with E-state index in [1.54, 1.807) is 17.0 Å². The highest BCUT2D eigenvalue weighted by molar-refractivity contribution is 7.92. The summed E-state index contributed by atoms with van der Waals surface area (Å²) in [6, 6.07) is 13.1. The monoisotopic (exact) mass is 638 g/mol. The molecule has 1 atom stereocenters. The summed E-state index contributed by atoms with van der Waals surface area (Å²) >= 11 is 1.12. The van der Waals surface area contributed by atoms with Gasteiger partial charge in [-0.15, -0.1) is 11.3 Å². The van der Waals surface area contributed by atoms with Gasteiger partial charge in [-0.25, -0.2) is 22.2 Å². The van der Waals surface area contributed by atoms with Gasteiger partial charge in [0.1, 0.15) is 23.0 Å². The van der Waals surface area contributed by atoms with E-state index in [9.17, 15) is 26.8 Å². The van der Waals surface area contributed by atoms with Crippen LogP contribution in [0.5, 0.6) is 0 Å². The molecule has 1 N–H and O–H groups in total. The number of halogens is 2. The Balaban J connectivity index is 1.45. The largest absolute Gasteiger partial charge is 0.455 e. The smallest absolute Gasteiger partial charge is 0.282 e. The number of thiazole rings is 1. The minimum absolute atomic E-state index is 0.220. The van der Waals surface area contributed by atoms with Crippen molar-refractivity contribution in [1.82, 2.24) is 15.2 Å². The number of furan rings is 1. The van der Waals surface area contributed by atoms with Crippen molar-refractivity contribution in [3.8, 4) is 11.3 Å². The minimum atomic E-state index is -3.71. The fraction of sp³-hybridized carbons (Fsp3) is 0.258. The number of carbonyl (C=O) groups excluding carboxylic acids is 2. The lowest BCUT2D eigenvalue weighted by Gasteiger charge is -2.34. The first-order valence-corrected chi connectivity index (χ1v) is 16.5. The number of nitrogens with one attached hydrogen (secondary N) is 1. The van der Waals surface area contributed by atoms with E-state index < -0.39 is 27.6 Å². The summed E-state index contributed by atoms with van der Waals surface area (Å²) < 4.78 is 60.8. The van der Waals surface area contributed by atoms with Gasteiger partial charge < -0.3 is 14.6 Å². The molecule has 13 heteroatoms. The van der Waals surface area contributed by atoms with Gasteiger partial charge in [0.15, 0.2) is 5.01 Å². The number of anilines is 1. The van der Waals surface area contributed by atoms with Crippen molar-refractivity contribution < 1.29 is 31.2 Å². The fourth-order valence-electron chi connectivity index (χ4n) is 5.62. The van der Waals surface area contributed by atoms with Crippen LogP contribution in [0.4, 0.5) is 14.5 Å². The van der Waals surface area contributed by atoms with Crippen LogP contribution < -0.4 is 9.62 Å². The molecule has 1 saturated heterocycles. The Bertz CT molecular complexity index is 2040. The molecular weight excluding hydrogens is 610 g/mol. The number of sulfonamides is 1. The third kappa shape index (κ3) is 5.41. The number of piperidine rings is 1. The van der Waals surface area contributed by atoms with Gasteiger partial charge in [-0.3, -0.25) is 13.9 Å². The Hall–Kier alpha value is -4.36. The van der Waals surface area contributed by atoms with Gasteiger partial charge in [0.05, 0.1) is 27.7 Å². The summed E-state index contributed by atoms with van der Waals surface area (Å²) in [5.41, 5.74) is 2.51. The summed E-state index contributed by atoms with van der Waals surface area (Å²) in [5, 5.41) is 3.34. The lowest BCUT2D eigenvalue weighted by Crippen LogP contribution is -2.39. The number of nitrogens with zero attached hydrogens (tertiary/aromatic N) is 3. The highest BCUT2D eigenvalue weighted by Gasteiger charge is 2.32. The van der Waals surface area contributed by atoms with E-state index in [4.69, 9.17) is 4.42 Å². The number of fused-ring (bicyclic) bond motifs is 2. The zero-order valence-electron chi connectivity index (χ0n) is 24.1. The number of benzene rings is 3. The molecule has 0 unspecified atom stereocenters. The SMILES string of the molecule is CNC(=O)c1c(-c2ccc(F)cc2)oc2cc(N(C)S(C)(=O)=O)c([C@H]3CCCN(C(=O)c4nc5ccc(F)cc5s4)C3)cc12. The van der Waals surface area contributed by atoms with Crippen molar-refractivity contribution >= 4 is 60.0 Å². The maximum Gasteiger partial charge on any atom is 0.282 e. The second-order valence-corrected chi connectivity index (χ2v) is 13.8. The van der Waals surface area contributed by atoms with Crippen molar-refractivity contribution in [2.75, 3.05) is 37.7 Å². The van der Waals surface area contributed by atoms with Crippen LogP contribution in [0.3, 0.4) is 0 Å². The first-order valence-electron chi connectivity index (χ1n) is 13.8. The normalized spacial score (nSPS) is 15.6. The van der Waals surface area contributed by atoms with Gasteiger partial charge in [-0.1, -0.05) is 0 Å². The lowest BCUT2D eigenvalue weighted by molar-refractivity contribution is 0.0707. The number of hydrogen-bond acceptors (Lipinski definition) is 7. The molecule has 2 aromatic heterocycles. The Kier molecular flexibility index (Phi) is 7.62. The molecule has 3 heterocycles. The topological polar surface area (TPSA) is 113 Å². The molecule has 6 rings (SSSR count). The van der Waals surface area contributed by atoms with E-state index in [1.807, 2.05) is 0 Å². The van der Waals surface area contributed by atoms with Crippen molar-refractivity contribution in [3.63, 3.8) is 0 Å². The number of amides is 2. The van der Waals surface area contributed by atoms with E-state index in [1.165, 1.54) is 56.6 Å². The standard InChI is InChI=1S/C31H28F2N4O5S2/c1-34-29(38)27-22-14-21(18-5-4-12-37(16-18)31(39)30-35-23-11-10-20(33)13-26(23)43-30)24(36(2)44(3,40)41)15-25(22)42-28(27)17-6-8-19(32)9-7-17/h6-11,13-15,18H,4-5,12,16H2,1-3H3,(H,34,38)/t18-/m0/s1. The average molecular weight is 639 g/mol. The second kappa shape index (κ2) is 11.3. The predicted molar refractivity (Wildman–Crippen MR) is 166 cm³/mol. The number of hydrogen-bond donors (Lipinski definition) is 1. The minimum Gasteiger partial charge on any atom is -0.455 e. The van der Waals surface area contributed by atoms with E-state index in [-0.39, 0.29) is 40.3 Å². The summed E-state index contributed by atoms with van der Waals surface area (Å²) in [6.45, 7) is 0.750. The van der Waals surface area contributed by atoms with Gasteiger partial charge >= 0.3 is 0 Å². The first kappa shape index (κ1) is 29.7. The van der Waals surface area contributed by atoms with Crippen molar-refractivity contribution in [2.45, 2.75) is 18.8 Å². The van der Waals surface area contributed by atoms with Crippen LogP contribution in [0.15, 0.2) is 59.0 Å². The molecule has 0 spiro atoms. The number of rotatable bonds is 6. The van der Waals surface area contributed by atoms with Crippen LogP contribution in [0, 0.1) is 11.6 Å². The Morgan fingerprint density at radius 1 is 1.09 bits per heavy atom. The summed E-state index contributed by atoms with van der Waals surface area (Å²) in [7, 11) is -0.778. The van der Waals surface area contributed by atoms with Crippen molar-refractivity contribution in [3.05, 3.63) is 82.4 Å². The summed E-state index contributed by atoms with van der Waals surface area (Å²) in [5.74, 6) is -1.63. The quantitative estimate of drug-likeness (QED) is 0.253. The highest BCUT2D eigenvalue weighted by atomic mass is 32.2. The van der Waals surface area contributed by atoms with E-state index >= 15 is 0 Å². The van der Waals surface area contributed by atoms with E-state index in [2.05, 4.69) is 10.3 Å². The molecule has 228 valence electrons. The Morgan fingerprint density at radius 2 is 1.82 bits per heavy atom. The van der Waals surface area contributed by atoms with Gasteiger partial charge in [-0.2, -0.15) is 0 Å².